The summed E-state index contributed by atoms with van der Waals surface area (Å²) in [6.45, 7) is 4.14. The van der Waals surface area contributed by atoms with E-state index in [0.29, 0.717) is 21.9 Å². The number of halogens is 1. The van der Waals surface area contributed by atoms with Crippen molar-refractivity contribution in [3.8, 4) is 11.4 Å². The first kappa shape index (κ1) is 22.3. The second-order valence-electron chi connectivity index (χ2n) is 8.08. The third-order valence-corrected chi connectivity index (χ3v) is 6.50. The number of nitrogens with zero attached hydrogens (tertiary/aromatic N) is 3. The summed E-state index contributed by atoms with van der Waals surface area (Å²) in [6.07, 6.45) is 0.980. The molecular formula is C27H23ClN4OS. The first-order valence-corrected chi connectivity index (χ1v) is 11.9. The minimum absolute atomic E-state index is 0.236. The van der Waals surface area contributed by atoms with Gasteiger partial charge in [-0.2, -0.15) is 4.98 Å². The maximum atomic E-state index is 6.28. The van der Waals surface area contributed by atoms with E-state index in [2.05, 4.69) is 41.7 Å². The molecule has 0 saturated carbocycles. The van der Waals surface area contributed by atoms with Gasteiger partial charge in [0.05, 0.1) is 11.6 Å². The molecule has 5 nitrogen and oxygen atoms in total. The van der Waals surface area contributed by atoms with Crippen molar-refractivity contribution in [2.24, 2.45) is 0 Å². The van der Waals surface area contributed by atoms with Gasteiger partial charge in [0.2, 0.25) is 5.82 Å². The average molecular weight is 487 g/mol. The van der Waals surface area contributed by atoms with Gasteiger partial charge >= 0.3 is 0 Å². The molecule has 1 aliphatic rings. The van der Waals surface area contributed by atoms with E-state index in [4.69, 9.17) is 33.3 Å². The van der Waals surface area contributed by atoms with Crippen LogP contribution in [0.2, 0.25) is 5.02 Å². The highest BCUT2D eigenvalue weighted by atomic mass is 35.5. The van der Waals surface area contributed by atoms with Gasteiger partial charge in [0.15, 0.2) is 5.11 Å². The van der Waals surface area contributed by atoms with Crippen molar-refractivity contribution in [1.82, 2.24) is 15.5 Å². The number of allylic oxidation sites excluding steroid dienone is 1. The fraction of sp³-hybridized carbons (Fsp3) is 0.148. The number of hydrogen-bond donors (Lipinski definition) is 1. The van der Waals surface area contributed by atoms with Crippen LogP contribution in [-0.4, -0.2) is 15.3 Å². The van der Waals surface area contributed by atoms with Gasteiger partial charge in [-0.25, -0.2) is 0 Å². The number of nitrogens with one attached hydrogen (secondary N) is 1. The van der Waals surface area contributed by atoms with E-state index in [-0.39, 0.29) is 6.04 Å². The van der Waals surface area contributed by atoms with Gasteiger partial charge in [0.1, 0.15) is 0 Å². The van der Waals surface area contributed by atoms with Gasteiger partial charge in [-0.3, -0.25) is 4.90 Å². The summed E-state index contributed by atoms with van der Waals surface area (Å²) in [7, 11) is 0. The standard InChI is InChI=1S/C27H23ClN4OS/c1-3-18-12-14-20(15-13-18)25-30-26(33-31-25)23-17(2)32(22-11-7-10-21(28)16-22)27(34)29-24(23)19-8-5-4-6-9-19/h4-16,24H,3H2,1-2H3,(H,29,34). The number of anilines is 1. The number of aromatic nitrogens is 2. The Kier molecular flexibility index (Phi) is 6.18. The van der Waals surface area contributed by atoms with E-state index in [1.54, 1.807) is 0 Å². The van der Waals surface area contributed by atoms with E-state index in [1.165, 1.54) is 5.56 Å². The van der Waals surface area contributed by atoms with Gasteiger partial charge in [-0.1, -0.05) is 84.3 Å². The molecule has 3 aromatic carbocycles. The Morgan fingerprint density at radius 1 is 1.03 bits per heavy atom. The normalized spacial score (nSPS) is 16.0. The van der Waals surface area contributed by atoms with Crippen LogP contribution in [0.5, 0.6) is 0 Å². The molecule has 0 bridgehead atoms. The van der Waals surface area contributed by atoms with Gasteiger partial charge in [0.25, 0.3) is 5.89 Å². The minimum atomic E-state index is -0.236. The van der Waals surface area contributed by atoms with Crippen LogP contribution >= 0.6 is 23.8 Å². The summed E-state index contributed by atoms with van der Waals surface area (Å²) < 4.78 is 5.83. The molecular weight excluding hydrogens is 464 g/mol. The molecule has 34 heavy (non-hydrogen) atoms. The molecule has 1 atom stereocenters. The SMILES string of the molecule is CCc1ccc(-c2noc(C3=C(C)N(c4cccc(Cl)c4)C(=S)NC3c3ccccc3)n2)cc1. The number of rotatable bonds is 5. The molecule has 0 radical (unpaired) electrons. The van der Waals surface area contributed by atoms with Crippen molar-refractivity contribution in [3.63, 3.8) is 0 Å². The molecule has 1 aromatic heterocycles. The molecule has 2 heterocycles. The van der Waals surface area contributed by atoms with Crippen molar-refractivity contribution in [2.45, 2.75) is 26.3 Å². The average Bonchev–Trinajstić information content (AvgIpc) is 3.34. The molecule has 7 heteroatoms. The van der Waals surface area contributed by atoms with Crippen LogP contribution in [0.25, 0.3) is 17.0 Å². The van der Waals surface area contributed by atoms with E-state index >= 15 is 0 Å². The Morgan fingerprint density at radius 3 is 2.50 bits per heavy atom. The number of hydrogen-bond acceptors (Lipinski definition) is 4. The monoisotopic (exact) mass is 486 g/mol. The lowest BCUT2D eigenvalue weighted by atomic mass is 9.94. The van der Waals surface area contributed by atoms with Gasteiger partial charge in [-0.05, 0) is 54.9 Å². The molecule has 0 aliphatic carbocycles. The molecule has 1 N–H and O–H groups in total. The molecule has 0 saturated heterocycles. The van der Waals surface area contributed by atoms with Crippen LogP contribution in [0, 0.1) is 0 Å². The van der Waals surface area contributed by atoms with E-state index < -0.39 is 0 Å². The maximum Gasteiger partial charge on any atom is 0.258 e. The Labute approximate surface area is 209 Å². The lowest BCUT2D eigenvalue weighted by Gasteiger charge is -2.37. The van der Waals surface area contributed by atoms with Gasteiger partial charge in [-0.15, -0.1) is 0 Å². The van der Waals surface area contributed by atoms with E-state index in [1.807, 2.05) is 66.4 Å². The van der Waals surface area contributed by atoms with E-state index in [0.717, 1.165) is 34.5 Å². The molecule has 0 amide bonds. The van der Waals surface area contributed by atoms with Crippen molar-refractivity contribution in [1.29, 1.82) is 0 Å². The summed E-state index contributed by atoms with van der Waals surface area (Å²) in [5.74, 6) is 0.996. The molecule has 1 aliphatic heterocycles. The Hall–Kier alpha value is -3.48. The minimum Gasteiger partial charge on any atom is -0.351 e. The number of thiocarbonyl (C=S) groups is 1. The molecule has 1 unspecified atom stereocenters. The zero-order chi connectivity index (χ0) is 23.7. The first-order chi connectivity index (χ1) is 16.5. The molecule has 5 rings (SSSR count). The van der Waals surface area contributed by atoms with Crippen LogP contribution in [-0.2, 0) is 6.42 Å². The van der Waals surface area contributed by atoms with Crippen LogP contribution in [0.15, 0.2) is 89.1 Å². The summed E-state index contributed by atoms with van der Waals surface area (Å²) >= 11 is 12.1. The van der Waals surface area contributed by atoms with E-state index in [9.17, 15) is 0 Å². The summed E-state index contributed by atoms with van der Waals surface area (Å²) in [6, 6.07) is 25.7. The summed E-state index contributed by atoms with van der Waals surface area (Å²) in [4.78, 5) is 6.74. The van der Waals surface area contributed by atoms with Crippen molar-refractivity contribution in [2.75, 3.05) is 4.90 Å². The van der Waals surface area contributed by atoms with Crippen LogP contribution in [0.4, 0.5) is 5.69 Å². The lowest BCUT2D eigenvalue weighted by Crippen LogP contribution is -2.46. The second kappa shape index (κ2) is 9.41. The largest absolute Gasteiger partial charge is 0.351 e. The van der Waals surface area contributed by atoms with Crippen LogP contribution < -0.4 is 10.2 Å². The predicted octanol–water partition coefficient (Wildman–Crippen LogP) is 6.82. The Morgan fingerprint density at radius 2 is 1.79 bits per heavy atom. The fourth-order valence-electron chi connectivity index (χ4n) is 4.18. The van der Waals surface area contributed by atoms with Gasteiger partial charge < -0.3 is 9.84 Å². The lowest BCUT2D eigenvalue weighted by molar-refractivity contribution is 0.404. The Balaban J connectivity index is 1.63. The highest BCUT2D eigenvalue weighted by Gasteiger charge is 2.34. The molecule has 170 valence electrons. The van der Waals surface area contributed by atoms with Crippen molar-refractivity contribution in [3.05, 3.63) is 107 Å². The maximum absolute atomic E-state index is 6.28. The third-order valence-electron chi connectivity index (χ3n) is 5.96. The van der Waals surface area contributed by atoms with Crippen molar-refractivity contribution >= 4 is 40.2 Å². The van der Waals surface area contributed by atoms with Gasteiger partial charge in [0, 0.05) is 22.0 Å². The smallest absolute Gasteiger partial charge is 0.258 e. The zero-order valence-electron chi connectivity index (χ0n) is 18.8. The fourth-order valence-corrected chi connectivity index (χ4v) is 4.73. The third kappa shape index (κ3) is 4.22. The summed E-state index contributed by atoms with van der Waals surface area (Å²) in [5.41, 5.74) is 5.85. The zero-order valence-corrected chi connectivity index (χ0v) is 20.4. The molecule has 0 fully saturated rings. The highest BCUT2D eigenvalue weighted by molar-refractivity contribution is 7.80. The van der Waals surface area contributed by atoms with Crippen LogP contribution in [0.1, 0.15) is 36.9 Å². The Bertz CT molecular complexity index is 1360. The number of benzene rings is 3. The predicted molar refractivity (Wildman–Crippen MR) is 141 cm³/mol. The topological polar surface area (TPSA) is 54.2 Å². The van der Waals surface area contributed by atoms with Crippen LogP contribution in [0.3, 0.4) is 0 Å². The quantitative estimate of drug-likeness (QED) is 0.312. The highest BCUT2D eigenvalue weighted by Crippen LogP contribution is 2.39. The second-order valence-corrected chi connectivity index (χ2v) is 8.90. The first-order valence-electron chi connectivity index (χ1n) is 11.1. The van der Waals surface area contributed by atoms with Crippen molar-refractivity contribution < 1.29 is 4.52 Å². The summed E-state index contributed by atoms with van der Waals surface area (Å²) in [5, 5.41) is 8.97. The molecule has 4 aromatic rings. The number of aryl methyl sites for hydroxylation is 1. The molecule has 0 spiro atoms.